The van der Waals surface area contributed by atoms with Crippen molar-refractivity contribution in [2.75, 3.05) is 13.1 Å². The first-order valence-corrected chi connectivity index (χ1v) is 8.61. The van der Waals surface area contributed by atoms with E-state index in [2.05, 4.69) is 70.7 Å². The van der Waals surface area contributed by atoms with Crippen molar-refractivity contribution in [3.05, 3.63) is 89.7 Å². The van der Waals surface area contributed by atoms with Gasteiger partial charge in [-0.2, -0.15) is 5.10 Å². The summed E-state index contributed by atoms with van der Waals surface area (Å²) in [5.74, 6) is 0.0638. The number of nitrogens with zero attached hydrogens (tertiary/aromatic N) is 3. The molecule has 1 saturated heterocycles. The van der Waals surface area contributed by atoms with Crippen LogP contribution >= 0.6 is 0 Å². The number of aromatic nitrogens is 2. The van der Waals surface area contributed by atoms with E-state index in [1.165, 1.54) is 11.1 Å². The predicted molar refractivity (Wildman–Crippen MR) is 97.6 cm³/mol. The minimum Gasteiger partial charge on any atom is -0.294 e. The van der Waals surface area contributed by atoms with Crippen LogP contribution in [0.1, 0.15) is 40.5 Å². The third-order valence-corrected chi connectivity index (χ3v) is 4.87. The highest BCUT2D eigenvalue weighted by Gasteiger charge is 2.35. The zero-order valence-electron chi connectivity index (χ0n) is 14.2. The summed E-state index contributed by atoms with van der Waals surface area (Å²) in [7, 11) is 0. The quantitative estimate of drug-likeness (QED) is 0.669. The number of hydrogen-bond acceptors (Lipinski definition) is 3. The minimum atomic E-state index is 0.0638. The molecule has 4 heteroatoms. The number of benzene rings is 2. The first kappa shape index (κ1) is 15.8. The molecule has 0 radical (unpaired) electrons. The fourth-order valence-corrected chi connectivity index (χ4v) is 3.47. The Labute approximate surface area is 147 Å². The van der Waals surface area contributed by atoms with Crippen LogP contribution in [0.3, 0.4) is 0 Å². The van der Waals surface area contributed by atoms with Gasteiger partial charge in [-0.15, -0.1) is 0 Å². The number of carbonyl (C=O) groups is 1. The lowest BCUT2D eigenvalue weighted by atomic mass is 9.93. The van der Waals surface area contributed by atoms with Crippen LogP contribution < -0.4 is 0 Å². The molecule has 0 spiro atoms. The van der Waals surface area contributed by atoms with Gasteiger partial charge in [0.1, 0.15) is 0 Å². The van der Waals surface area contributed by atoms with Crippen LogP contribution in [0.25, 0.3) is 0 Å². The Morgan fingerprint density at radius 1 is 1.00 bits per heavy atom. The molecular formula is C21H21N3O. The maximum Gasteiger partial charge on any atom is 0.162 e. The van der Waals surface area contributed by atoms with Gasteiger partial charge in [-0.1, -0.05) is 60.7 Å². The van der Waals surface area contributed by atoms with Gasteiger partial charge in [-0.25, -0.2) is 0 Å². The van der Waals surface area contributed by atoms with E-state index in [1.54, 1.807) is 13.1 Å². The fraction of sp³-hybridized carbons (Fsp3) is 0.238. The van der Waals surface area contributed by atoms with E-state index in [0.717, 1.165) is 13.1 Å². The van der Waals surface area contributed by atoms with Gasteiger partial charge in [0.15, 0.2) is 5.78 Å². The van der Waals surface area contributed by atoms with E-state index in [0.29, 0.717) is 11.6 Å². The topological polar surface area (TPSA) is 38.1 Å². The van der Waals surface area contributed by atoms with Crippen LogP contribution in [-0.2, 0) is 0 Å². The minimum absolute atomic E-state index is 0.0638. The SMILES string of the molecule is CC(=O)c1cnn(C2CN(C(c3ccccc3)c3ccccc3)C2)c1. The second-order valence-corrected chi connectivity index (χ2v) is 6.60. The Morgan fingerprint density at radius 3 is 2.04 bits per heavy atom. The predicted octanol–water partition coefficient (Wildman–Crippen LogP) is 3.73. The van der Waals surface area contributed by atoms with Gasteiger partial charge in [-0.3, -0.25) is 14.4 Å². The van der Waals surface area contributed by atoms with Crippen molar-refractivity contribution < 1.29 is 4.79 Å². The van der Waals surface area contributed by atoms with Crippen LogP contribution in [0.15, 0.2) is 73.1 Å². The summed E-state index contributed by atoms with van der Waals surface area (Å²) < 4.78 is 1.93. The number of carbonyl (C=O) groups excluding carboxylic acids is 1. The molecule has 1 fully saturated rings. The summed E-state index contributed by atoms with van der Waals surface area (Å²) in [5, 5.41) is 4.37. The van der Waals surface area contributed by atoms with Crippen LogP contribution in [-0.4, -0.2) is 33.6 Å². The average molecular weight is 331 g/mol. The van der Waals surface area contributed by atoms with E-state index in [4.69, 9.17) is 0 Å². The van der Waals surface area contributed by atoms with E-state index in [-0.39, 0.29) is 11.8 Å². The van der Waals surface area contributed by atoms with E-state index in [1.807, 2.05) is 10.9 Å². The zero-order chi connectivity index (χ0) is 17.2. The summed E-state index contributed by atoms with van der Waals surface area (Å²) in [4.78, 5) is 13.9. The number of ketones is 1. The van der Waals surface area contributed by atoms with E-state index >= 15 is 0 Å². The molecule has 0 aliphatic carbocycles. The second-order valence-electron chi connectivity index (χ2n) is 6.60. The molecule has 0 amide bonds. The van der Waals surface area contributed by atoms with Crippen LogP contribution in [0.2, 0.25) is 0 Å². The number of likely N-dealkylation sites (tertiary alicyclic amines) is 1. The molecule has 25 heavy (non-hydrogen) atoms. The molecule has 1 aliphatic heterocycles. The molecule has 4 nitrogen and oxygen atoms in total. The monoisotopic (exact) mass is 331 g/mol. The summed E-state index contributed by atoms with van der Waals surface area (Å²) in [6.45, 7) is 3.43. The lowest BCUT2D eigenvalue weighted by molar-refractivity contribution is 0.0681. The Morgan fingerprint density at radius 2 is 1.56 bits per heavy atom. The van der Waals surface area contributed by atoms with Crippen molar-refractivity contribution in [2.45, 2.75) is 19.0 Å². The fourth-order valence-electron chi connectivity index (χ4n) is 3.47. The van der Waals surface area contributed by atoms with Crippen molar-refractivity contribution in [1.29, 1.82) is 0 Å². The molecule has 0 atom stereocenters. The Hall–Kier alpha value is -2.72. The van der Waals surface area contributed by atoms with Crippen molar-refractivity contribution in [2.24, 2.45) is 0 Å². The van der Waals surface area contributed by atoms with Crippen molar-refractivity contribution in [1.82, 2.24) is 14.7 Å². The maximum atomic E-state index is 11.5. The van der Waals surface area contributed by atoms with Crippen molar-refractivity contribution in [3.8, 4) is 0 Å². The van der Waals surface area contributed by atoms with Gasteiger partial charge in [0.2, 0.25) is 0 Å². The van der Waals surface area contributed by atoms with Crippen LogP contribution in [0, 0.1) is 0 Å². The largest absolute Gasteiger partial charge is 0.294 e. The molecule has 4 rings (SSSR count). The van der Waals surface area contributed by atoms with Crippen LogP contribution in [0.4, 0.5) is 0 Å². The smallest absolute Gasteiger partial charge is 0.162 e. The van der Waals surface area contributed by atoms with Gasteiger partial charge in [0, 0.05) is 19.3 Å². The van der Waals surface area contributed by atoms with Gasteiger partial charge in [-0.05, 0) is 18.1 Å². The van der Waals surface area contributed by atoms with Crippen molar-refractivity contribution in [3.63, 3.8) is 0 Å². The van der Waals surface area contributed by atoms with Gasteiger partial charge in [0.25, 0.3) is 0 Å². The lowest BCUT2D eigenvalue weighted by Crippen LogP contribution is -2.49. The summed E-state index contributed by atoms with van der Waals surface area (Å²) in [5.41, 5.74) is 3.29. The highest BCUT2D eigenvalue weighted by atomic mass is 16.1. The molecule has 2 aromatic carbocycles. The molecule has 1 aromatic heterocycles. The van der Waals surface area contributed by atoms with Gasteiger partial charge in [0.05, 0.1) is 23.8 Å². The van der Waals surface area contributed by atoms with E-state index < -0.39 is 0 Å². The first-order chi connectivity index (χ1) is 12.2. The number of hydrogen-bond donors (Lipinski definition) is 0. The number of Topliss-reactive ketones (excluding diaryl/α,β-unsaturated/α-hetero) is 1. The first-order valence-electron chi connectivity index (χ1n) is 8.61. The standard InChI is InChI=1S/C21H21N3O/c1-16(25)19-12-22-24(13-19)20-14-23(15-20)21(17-8-4-2-5-9-17)18-10-6-3-7-11-18/h2-13,20-21H,14-15H2,1H3. The molecule has 0 N–H and O–H groups in total. The Kier molecular flexibility index (Phi) is 4.20. The summed E-state index contributed by atoms with van der Waals surface area (Å²) in [6.07, 6.45) is 3.53. The molecule has 3 aromatic rings. The summed E-state index contributed by atoms with van der Waals surface area (Å²) in [6, 6.07) is 21.8. The number of rotatable bonds is 5. The normalized spacial score (nSPS) is 15.3. The van der Waals surface area contributed by atoms with Gasteiger partial charge >= 0.3 is 0 Å². The summed E-state index contributed by atoms with van der Waals surface area (Å²) >= 11 is 0. The molecule has 0 bridgehead atoms. The van der Waals surface area contributed by atoms with Gasteiger partial charge < -0.3 is 0 Å². The highest BCUT2D eigenvalue weighted by molar-refractivity contribution is 5.93. The third kappa shape index (κ3) is 3.13. The molecule has 0 saturated carbocycles. The molecule has 126 valence electrons. The van der Waals surface area contributed by atoms with E-state index in [9.17, 15) is 4.79 Å². The second kappa shape index (κ2) is 6.65. The Bertz CT molecular complexity index is 812. The van der Waals surface area contributed by atoms with Crippen LogP contribution in [0.5, 0.6) is 0 Å². The Balaban J connectivity index is 1.55. The maximum absolute atomic E-state index is 11.5. The molecular weight excluding hydrogens is 310 g/mol. The van der Waals surface area contributed by atoms with Crippen molar-refractivity contribution >= 4 is 5.78 Å². The molecule has 0 unspecified atom stereocenters. The lowest BCUT2D eigenvalue weighted by Gasteiger charge is -2.44. The average Bonchev–Trinajstić information content (AvgIpc) is 3.09. The molecule has 2 heterocycles. The zero-order valence-corrected chi connectivity index (χ0v) is 14.2. The highest BCUT2D eigenvalue weighted by Crippen LogP contribution is 2.35. The third-order valence-electron chi connectivity index (χ3n) is 4.87. The molecule has 1 aliphatic rings.